The number of nitriles is 1. The van der Waals surface area contributed by atoms with Gasteiger partial charge in [-0.3, -0.25) is 10.8 Å². The van der Waals surface area contributed by atoms with Gasteiger partial charge in [-0.25, -0.2) is 8.42 Å². The molecule has 134 valence electrons. The van der Waals surface area contributed by atoms with Gasteiger partial charge in [0.05, 0.1) is 17.7 Å². The molecule has 0 spiro atoms. The van der Waals surface area contributed by atoms with Gasteiger partial charge in [0, 0.05) is 13.1 Å². The molecule has 0 atom stereocenters. The first-order valence-corrected chi connectivity index (χ1v) is 9.10. The van der Waals surface area contributed by atoms with Crippen molar-refractivity contribution in [2.24, 2.45) is 10.8 Å². The highest BCUT2D eigenvalue weighted by molar-refractivity contribution is 7.89. The minimum atomic E-state index is -3.61. The van der Waals surface area contributed by atoms with Crippen LogP contribution in [-0.2, 0) is 10.0 Å². The summed E-state index contributed by atoms with van der Waals surface area (Å²) in [4.78, 5) is 0.106. The van der Waals surface area contributed by atoms with Crippen LogP contribution in [0.5, 0.6) is 5.75 Å². The normalized spacial score (nSPS) is 16.1. The molecule has 1 saturated heterocycles. The summed E-state index contributed by atoms with van der Waals surface area (Å²) in [7, 11) is -2.18. The van der Waals surface area contributed by atoms with E-state index in [1.165, 1.54) is 29.6 Å². The number of benzene rings is 1. The third-order valence-electron chi connectivity index (χ3n) is 3.77. The maximum absolute atomic E-state index is 12.8. The molecular formula is C15H20N6O3S. The second-order valence-electron chi connectivity index (χ2n) is 5.42. The van der Waals surface area contributed by atoms with Gasteiger partial charge in [-0.15, -0.1) is 0 Å². The van der Waals surface area contributed by atoms with Gasteiger partial charge in [0.1, 0.15) is 11.8 Å². The second kappa shape index (κ2) is 7.96. The molecule has 0 amide bonds. The zero-order valence-electron chi connectivity index (χ0n) is 13.8. The number of methoxy groups -OCH3 is 1. The predicted octanol–water partition coefficient (Wildman–Crippen LogP) is 1.10. The molecule has 1 heterocycles. The maximum Gasteiger partial charge on any atom is 0.243 e. The molecule has 1 aliphatic rings. The standard InChI is InChI=1S/C15H20N6O3S/c1-24-14-6-5-11(25(22,23)21-7-3-2-4-8-21)9-12(14)19-20-13(10-16)15(17)18/h5-6,9,19H,2-4,7-8H2,1H3,(H3,17,18)/b20-13+. The van der Waals surface area contributed by atoms with E-state index in [1.807, 2.05) is 0 Å². The van der Waals surface area contributed by atoms with Crippen LogP contribution in [0.3, 0.4) is 0 Å². The Bertz CT molecular complexity index is 822. The van der Waals surface area contributed by atoms with E-state index in [4.69, 9.17) is 21.1 Å². The molecule has 1 aliphatic heterocycles. The first-order valence-electron chi connectivity index (χ1n) is 7.66. The first kappa shape index (κ1) is 18.7. The molecule has 10 heteroatoms. The van der Waals surface area contributed by atoms with E-state index in [9.17, 15) is 8.42 Å². The van der Waals surface area contributed by atoms with Gasteiger partial charge in [-0.1, -0.05) is 6.42 Å². The van der Waals surface area contributed by atoms with Crippen molar-refractivity contribution in [3.63, 3.8) is 0 Å². The maximum atomic E-state index is 12.8. The van der Waals surface area contributed by atoms with Crippen LogP contribution in [0.25, 0.3) is 0 Å². The lowest BCUT2D eigenvalue weighted by Crippen LogP contribution is -2.35. The number of hydrogen-bond donors (Lipinski definition) is 3. The Morgan fingerprint density at radius 2 is 2.08 bits per heavy atom. The number of rotatable bonds is 6. The third kappa shape index (κ3) is 4.26. The van der Waals surface area contributed by atoms with Gasteiger partial charge in [0.15, 0.2) is 5.84 Å². The largest absolute Gasteiger partial charge is 0.495 e. The van der Waals surface area contributed by atoms with Crippen LogP contribution in [0.4, 0.5) is 5.69 Å². The van der Waals surface area contributed by atoms with E-state index in [0.29, 0.717) is 18.8 Å². The number of piperidine rings is 1. The zero-order valence-corrected chi connectivity index (χ0v) is 14.6. The molecule has 1 aromatic carbocycles. The van der Waals surface area contributed by atoms with Crippen molar-refractivity contribution in [1.29, 1.82) is 10.7 Å². The van der Waals surface area contributed by atoms with E-state index in [0.717, 1.165) is 19.3 Å². The van der Waals surface area contributed by atoms with Crippen molar-refractivity contribution in [3.8, 4) is 11.8 Å². The van der Waals surface area contributed by atoms with Crippen molar-refractivity contribution in [2.75, 3.05) is 25.6 Å². The summed E-state index contributed by atoms with van der Waals surface area (Å²) in [6.07, 6.45) is 2.71. The average Bonchev–Trinajstić information content (AvgIpc) is 2.62. The summed E-state index contributed by atoms with van der Waals surface area (Å²) < 4.78 is 32.2. The number of amidine groups is 1. The quantitative estimate of drug-likeness (QED) is 0.391. The van der Waals surface area contributed by atoms with Crippen molar-refractivity contribution in [2.45, 2.75) is 24.2 Å². The lowest BCUT2D eigenvalue weighted by molar-refractivity contribution is 0.346. The fourth-order valence-corrected chi connectivity index (χ4v) is 3.99. The molecule has 25 heavy (non-hydrogen) atoms. The SMILES string of the molecule is COc1ccc(S(=O)(=O)N2CCCCC2)cc1N/N=C(\C#N)C(=N)N. The summed E-state index contributed by atoms with van der Waals surface area (Å²) >= 11 is 0. The molecular weight excluding hydrogens is 344 g/mol. The highest BCUT2D eigenvalue weighted by Gasteiger charge is 2.26. The van der Waals surface area contributed by atoms with Crippen molar-refractivity contribution in [1.82, 2.24) is 4.31 Å². The number of hydrazone groups is 1. The molecule has 9 nitrogen and oxygen atoms in total. The Morgan fingerprint density at radius 3 is 2.64 bits per heavy atom. The molecule has 0 aromatic heterocycles. The fraction of sp³-hybridized carbons (Fsp3) is 0.400. The lowest BCUT2D eigenvalue weighted by Gasteiger charge is -2.26. The van der Waals surface area contributed by atoms with Crippen LogP contribution in [0.1, 0.15) is 19.3 Å². The van der Waals surface area contributed by atoms with Gasteiger partial charge >= 0.3 is 0 Å². The van der Waals surface area contributed by atoms with Crippen LogP contribution in [0.2, 0.25) is 0 Å². The zero-order chi connectivity index (χ0) is 18.4. The summed E-state index contributed by atoms with van der Waals surface area (Å²) in [5, 5.41) is 19.8. The number of anilines is 1. The fourth-order valence-electron chi connectivity index (χ4n) is 2.45. The van der Waals surface area contributed by atoms with Crippen LogP contribution < -0.4 is 15.9 Å². The number of sulfonamides is 1. The van der Waals surface area contributed by atoms with Gasteiger partial charge < -0.3 is 10.5 Å². The van der Waals surface area contributed by atoms with Crippen molar-refractivity contribution < 1.29 is 13.2 Å². The molecule has 1 aromatic rings. The molecule has 0 saturated carbocycles. The molecule has 0 aliphatic carbocycles. The highest BCUT2D eigenvalue weighted by atomic mass is 32.2. The van der Waals surface area contributed by atoms with E-state index < -0.39 is 15.9 Å². The van der Waals surface area contributed by atoms with Gasteiger partial charge in [-0.05, 0) is 31.0 Å². The topological polar surface area (TPSA) is 145 Å². The lowest BCUT2D eigenvalue weighted by atomic mass is 10.2. The molecule has 0 bridgehead atoms. The van der Waals surface area contributed by atoms with Crippen LogP contribution in [0, 0.1) is 16.7 Å². The predicted molar refractivity (Wildman–Crippen MR) is 94.2 cm³/mol. The first-order chi connectivity index (χ1) is 11.9. The molecule has 0 radical (unpaired) electrons. The Balaban J connectivity index is 2.36. The number of nitrogens with one attached hydrogen (secondary N) is 2. The highest BCUT2D eigenvalue weighted by Crippen LogP contribution is 2.29. The Morgan fingerprint density at radius 1 is 1.40 bits per heavy atom. The summed E-state index contributed by atoms with van der Waals surface area (Å²) in [6.45, 7) is 0.996. The number of nitrogens with zero attached hydrogens (tertiary/aromatic N) is 3. The minimum Gasteiger partial charge on any atom is -0.495 e. The van der Waals surface area contributed by atoms with Gasteiger partial charge in [-0.2, -0.15) is 14.7 Å². The van der Waals surface area contributed by atoms with E-state index >= 15 is 0 Å². The van der Waals surface area contributed by atoms with E-state index in [1.54, 1.807) is 6.07 Å². The van der Waals surface area contributed by atoms with Crippen LogP contribution in [0.15, 0.2) is 28.2 Å². The number of hydrogen-bond acceptors (Lipinski definition) is 7. The van der Waals surface area contributed by atoms with E-state index in [2.05, 4.69) is 10.5 Å². The molecule has 2 rings (SSSR count). The third-order valence-corrected chi connectivity index (χ3v) is 5.67. The number of ether oxygens (including phenoxy) is 1. The Hall–Kier alpha value is -2.64. The molecule has 1 fully saturated rings. The monoisotopic (exact) mass is 364 g/mol. The Kier molecular flexibility index (Phi) is 5.95. The number of nitrogens with two attached hydrogens (primary N) is 1. The summed E-state index contributed by atoms with van der Waals surface area (Å²) in [6, 6.07) is 6.04. The van der Waals surface area contributed by atoms with Crippen LogP contribution in [-0.4, -0.2) is 44.5 Å². The van der Waals surface area contributed by atoms with Crippen LogP contribution >= 0.6 is 0 Å². The van der Waals surface area contributed by atoms with Crippen molar-refractivity contribution in [3.05, 3.63) is 18.2 Å². The van der Waals surface area contributed by atoms with Gasteiger partial charge in [0.2, 0.25) is 15.7 Å². The molecule has 4 N–H and O–H groups in total. The van der Waals surface area contributed by atoms with Gasteiger partial charge in [0.25, 0.3) is 0 Å². The minimum absolute atomic E-state index is 0.106. The average molecular weight is 364 g/mol. The van der Waals surface area contributed by atoms with E-state index in [-0.39, 0.29) is 16.3 Å². The smallest absolute Gasteiger partial charge is 0.243 e. The summed E-state index contributed by atoms with van der Waals surface area (Å²) in [5.74, 6) is -0.145. The second-order valence-corrected chi connectivity index (χ2v) is 7.36. The van der Waals surface area contributed by atoms with Crippen molar-refractivity contribution >= 4 is 27.3 Å². The summed E-state index contributed by atoms with van der Waals surface area (Å²) in [5.41, 5.74) is 7.73. The molecule has 0 unspecified atom stereocenters. The Labute approximate surface area is 146 Å².